The van der Waals surface area contributed by atoms with E-state index in [9.17, 15) is 4.79 Å². The third-order valence-corrected chi connectivity index (χ3v) is 4.85. The van der Waals surface area contributed by atoms with E-state index < -0.39 is 0 Å². The Morgan fingerprint density at radius 3 is 2.96 bits per heavy atom. The summed E-state index contributed by atoms with van der Waals surface area (Å²) in [6, 6.07) is 11.8. The molecule has 0 aliphatic rings. The topological polar surface area (TPSA) is 51.2 Å². The van der Waals surface area contributed by atoms with Crippen LogP contribution < -0.4 is 10.1 Å². The summed E-state index contributed by atoms with van der Waals surface area (Å²) in [6.07, 6.45) is 0.939. The number of hydrogen-bond acceptors (Lipinski definition) is 5. The number of thiophene rings is 1. The fourth-order valence-corrected chi connectivity index (χ4v) is 3.52. The Labute approximate surface area is 142 Å². The monoisotopic (exact) mass is 344 g/mol. The Morgan fingerprint density at radius 2 is 2.17 bits per heavy atom. The van der Waals surface area contributed by atoms with Gasteiger partial charge in [-0.25, -0.2) is 4.98 Å². The lowest BCUT2D eigenvalue weighted by molar-refractivity contribution is -0.118. The van der Waals surface area contributed by atoms with Gasteiger partial charge in [0, 0.05) is 5.38 Å². The number of carbonyl (C=O) groups is 1. The molecule has 118 valence electrons. The molecule has 0 fully saturated rings. The van der Waals surface area contributed by atoms with Crippen molar-refractivity contribution in [1.82, 2.24) is 4.98 Å². The minimum Gasteiger partial charge on any atom is -0.484 e. The highest BCUT2D eigenvalue weighted by Crippen LogP contribution is 2.28. The van der Waals surface area contributed by atoms with E-state index in [1.165, 1.54) is 16.9 Å². The first-order valence-electron chi connectivity index (χ1n) is 7.25. The summed E-state index contributed by atoms with van der Waals surface area (Å²) in [4.78, 5) is 17.5. The molecule has 6 heteroatoms. The molecule has 0 spiro atoms. The van der Waals surface area contributed by atoms with Gasteiger partial charge in [0.1, 0.15) is 5.75 Å². The van der Waals surface area contributed by atoms with Gasteiger partial charge >= 0.3 is 0 Å². The number of rotatable bonds is 6. The van der Waals surface area contributed by atoms with E-state index in [0.29, 0.717) is 10.9 Å². The van der Waals surface area contributed by atoms with Crippen molar-refractivity contribution in [3.8, 4) is 16.3 Å². The molecule has 3 rings (SSSR count). The van der Waals surface area contributed by atoms with Gasteiger partial charge in [-0.2, -0.15) is 0 Å². The lowest BCUT2D eigenvalue weighted by Crippen LogP contribution is -2.20. The van der Waals surface area contributed by atoms with Gasteiger partial charge in [0.25, 0.3) is 5.91 Å². The van der Waals surface area contributed by atoms with Crippen molar-refractivity contribution in [3.05, 3.63) is 52.7 Å². The third-order valence-electron chi connectivity index (χ3n) is 3.20. The second-order valence-electron chi connectivity index (χ2n) is 4.85. The summed E-state index contributed by atoms with van der Waals surface area (Å²) in [5, 5.41) is 7.30. The minimum atomic E-state index is -0.209. The van der Waals surface area contributed by atoms with Crippen LogP contribution in [0.3, 0.4) is 0 Å². The first kappa shape index (κ1) is 15.7. The van der Waals surface area contributed by atoms with E-state index >= 15 is 0 Å². The van der Waals surface area contributed by atoms with Crippen LogP contribution in [0.15, 0.2) is 47.2 Å². The van der Waals surface area contributed by atoms with Gasteiger partial charge in [-0.1, -0.05) is 25.1 Å². The molecule has 1 aromatic carbocycles. The number of amides is 1. The fraction of sp³-hybridized carbons (Fsp3) is 0.176. The van der Waals surface area contributed by atoms with Crippen molar-refractivity contribution in [2.45, 2.75) is 13.3 Å². The van der Waals surface area contributed by atoms with E-state index in [-0.39, 0.29) is 12.5 Å². The molecule has 4 nitrogen and oxygen atoms in total. The van der Waals surface area contributed by atoms with Crippen LogP contribution in [0.25, 0.3) is 10.6 Å². The highest BCUT2D eigenvalue weighted by Gasteiger charge is 2.09. The van der Waals surface area contributed by atoms with Crippen LogP contribution >= 0.6 is 22.7 Å². The first-order valence-corrected chi connectivity index (χ1v) is 9.01. The average Bonchev–Trinajstić information content (AvgIpc) is 3.24. The van der Waals surface area contributed by atoms with Crippen molar-refractivity contribution in [2.24, 2.45) is 0 Å². The maximum Gasteiger partial charge on any atom is 0.264 e. The third kappa shape index (κ3) is 4.18. The second-order valence-corrected chi connectivity index (χ2v) is 6.66. The lowest BCUT2D eigenvalue weighted by Gasteiger charge is -2.07. The molecule has 1 amide bonds. The summed E-state index contributed by atoms with van der Waals surface area (Å²) in [6.45, 7) is 2.06. The molecule has 2 aromatic heterocycles. The molecule has 23 heavy (non-hydrogen) atoms. The summed E-state index contributed by atoms with van der Waals surface area (Å²) in [5.74, 6) is 0.497. The Balaban J connectivity index is 1.55. The minimum absolute atomic E-state index is 0.0267. The van der Waals surface area contributed by atoms with Crippen LogP contribution in [0.2, 0.25) is 0 Å². The summed E-state index contributed by atoms with van der Waals surface area (Å²) in [7, 11) is 0. The van der Waals surface area contributed by atoms with Crippen molar-refractivity contribution in [1.29, 1.82) is 0 Å². The van der Waals surface area contributed by atoms with Crippen LogP contribution in [0, 0.1) is 0 Å². The van der Waals surface area contributed by atoms with E-state index in [0.717, 1.165) is 17.0 Å². The molecule has 0 saturated heterocycles. The number of hydrogen-bond donors (Lipinski definition) is 1. The first-order chi connectivity index (χ1) is 11.2. The number of aromatic nitrogens is 1. The predicted molar refractivity (Wildman–Crippen MR) is 95.4 cm³/mol. The van der Waals surface area contributed by atoms with Crippen molar-refractivity contribution >= 4 is 33.7 Å². The van der Waals surface area contributed by atoms with Gasteiger partial charge in [0.05, 0.1) is 10.6 Å². The summed E-state index contributed by atoms with van der Waals surface area (Å²) in [5.41, 5.74) is 2.07. The van der Waals surface area contributed by atoms with Crippen molar-refractivity contribution in [3.63, 3.8) is 0 Å². The number of aryl methyl sites for hydroxylation is 1. The summed E-state index contributed by atoms with van der Waals surface area (Å²) < 4.78 is 5.53. The fourth-order valence-electron chi connectivity index (χ4n) is 2.03. The van der Waals surface area contributed by atoms with Gasteiger partial charge in [0.2, 0.25) is 0 Å². The van der Waals surface area contributed by atoms with Gasteiger partial charge < -0.3 is 4.74 Å². The zero-order chi connectivity index (χ0) is 16.1. The molecule has 0 atom stereocenters. The Bertz CT molecular complexity index is 782. The predicted octanol–water partition coefficient (Wildman–Crippen LogP) is 4.45. The van der Waals surface area contributed by atoms with Gasteiger partial charge in [-0.05, 0) is 35.6 Å². The standard InChI is InChI=1S/C17H16N2O2S2/c1-2-12-5-3-6-13(9-12)21-10-16(20)19-17-18-14(11-23-17)15-7-4-8-22-15/h3-9,11H,2,10H2,1H3,(H,18,19,20). The van der Waals surface area contributed by atoms with Gasteiger partial charge in [-0.3, -0.25) is 10.1 Å². The lowest BCUT2D eigenvalue weighted by atomic mass is 10.2. The maximum absolute atomic E-state index is 12.0. The number of ether oxygens (including phenoxy) is 1. The van der Waals surface area contributed by atoms with Crippen LogP contribution in [0.1, 0.15) is 12.5 Å². The Kier molecular flexibility index (Phi) is 5.05. The highest BCUT2D eigenvalue weighted by atomic mass is 32.1. The van der Waals surface area contributed by atoms with Crippen LogP contribution in [-0.4, -0.2) is 17.5 Å². The summed E-state index contributed by atoms with van der Waals surface area (Å²) >= 11 is 3.04. The molecular formula is C17H16N2O2S2. The van der Waals surface area contributed by atoms with Crippen LogP contribution in [0.4, 0.5) is 5.13 Å². The normalized spacial score (nSPS) is 10.5. The van der Waals surface area contributed by atoms with Gasteiger partial charge in [0.15, 0.2) is 11.7 Å². The van der Waals surface area contributed by atoms with Gasteiger partial charge in [-0.15, -0.1) is 22.7 Å². The van der Waals surface area contributed by atoms with E-state index in [4.69, 9.17) is 4.74 Å². The number of carbonyl (C=O) groups excluding carboxylic acids is 1. The molecule has 0 aliphatic carbocycles. The number of anilines is 1. The Hall–Kier alpha value is -2.18. The zero-order valence-electron chi connectivity index (χ0n) is 12.6. The second kappa shape index (κ2) is 7.39. The van der Waals surface area contributed by atoms with Crippen molar-refractivity contribution < 1.29 is 9.53 Å². The largest absolute Gasteiger partial charge is 0.484 e. The molecule has 0 radical (unpaired) electrons. The molecule has 0 aliphatic heterocycles. The van der Waals surface area contributed by atoms with E-state index in [2.05, 4.69) is 17.2 Å². The molecule has 2 heterocycles. The number of benzene rings is 1. The van der Waals surface area contributed by atoms with E-state index in [1.54, 1.807) is 11.3 Å². The van der Waals surface area contributed by atoms with Crippen molar-refractivity contribution in [2.75, 3.05) is 11.9 Å². The Morgan fingerprint density at radius 1 is 1.26 bits per heavy atom. The van der Waals surface area contributed by atoms with E-state index in [1.807, 2.05) is 47.2 Å². The molecular weight excluding hydrogens is 328 g/mol. The average molecular weight is 344 g/mol. The molecule has 1 N–H and O–H groups in total. The number of nitrogens with zero attached hydrogens (tertiary/aromatic N) is 1. The maximum atomic E-state index is 12.0. The SMILES string of the molecule is CCc1cccc(OCC(=O)Nc2nc(-c3cccs3)cs2)c1. The molecule has 0 unspecified atom stereocenters. The molecule has 0 bridgehead atoms. The number of nitrogens with one attached hydrogen (secondary N) is 1. The zero-order valence-corrected chi connectivity index (χ0v) is 14.2. The number of thiazole rings is 1. The molecule has 3 aromatic rings. The van der Waals surface area contributed by atoms with Crippen LogP contribution in [0.5, 0.6) is 5.75 Å². The molecule has 0 saturated carbocycles. The van der Waals surface area contributed by atoms with Crippen LogP contribution in [-0.2, 0) is 11.2 Å². The quantitative estimate of drug-likeness (QED) is 0.719. The smallest absolute Gasteiger partial charge is 0.264 e. The highest BCUT2D eigenvalue weighted by molar-refractivity contribution is 7.16.